The van der Waals surface area contributed by atoms with E-state index in [1.54, 1.807) is 39.4 Å². The lowest BCUT2D eigenvalue weighted by molar-refractivity contribution is -0.147. The Morgan fingerprint density at radius 2 is 1.75 bits per heavy atom. The minimum absolute atomic E-state index is 0.00396. The molecule has 1 saturated heterocycles. The molecular weight excluding hydrogens is 813 g/mol. The number of hydrogen-bond acceptors (Lipinski definition) is 16. The van der Waals surface area contributed by atoms with E-state index in [9.17, 15) is 24.0 Å². The Balaban J connectivity index is 1.21. The topological polar surface area (TPSA) is 203 Å². The van der Waals surface area contributed by atoms with Crippen molar-refractivity contribution in [2.24, 2.45) is 5.16 Å². The SMILES string of the molecule is CC(CNC(=O)OC(C)(C)C)ON=C(C(=O)NC1C(=O)N2C=C(CSc3nncs3)C(C(=O)OC(c3ccccc3)c3ccccc3)S[C@H]12)c1csc(NC=O)n1. The zero-order valence-corrected chi connectivity index (χ0v) is 34.3. The fourth-order valence-corrected chi connectivity index (χ4v) is 9.12. The van der Waals surface area contributed by atoms with Crippen molar-refractivity contribution in [3.8, 4) is 0 Å². The summed E-state index contributed by atoms with van der Waals surface area (Å²) in [5.74, 6) is -1.40. The molecule has 0 radical (unpaired) electrons. The zero-order chi connectivity index (χ0) is 40.5. The molecule has 1 fully saturated rings. The predicted octanol–water partition coefficient (Wildman–Crippen LogP) is 4.97. The number of oxime groups is 1. The second kappa shape index (κ2) is 18.8. The molecule has 0 aliphatic carbocycles. The van der Waals surface area contributed by atoms with E-state index in [1.165, 1.54) is 45.1 Å². The Kier molecular flexibility index (Phi) is 13.6. The summed E-state index contributed by atoms with van der Waals surface area (Å²) in [7, 11) is 0. The van der Waals surface area contributed by atoms with Crippen molar-refractivity contribution in [2.75, 3.05) is 17.6 Å². The summed E-state index contributed by atoms with van der Waals surface area (Å²) in [6.45, 7) is 6.81. The van der Waals surface area contributed by atoms with Gasteiger partial charge in [0.05, 0.1) is 6.54 Å². The van der Waals surface area contributed by atoms with Gasteiger partial charge in [-0.3, -0.25) is 19.2 Å². The number of amides is 4. The lowest BCUT2D eigenvalue weighted by Gasteiger charge is -2.49. The third-order valence-corrected chi connectivity index (χ3v) is 12.3. The van der Waals surface area contributed by atoms with Gasteiger partial charge >= 0.3 is 12.1 Å². The van der Waals surface area contributed by atoms with Crippen molar-refractivity contribution < 1.29 is 38.3 Å². The van der Waals surface area contributed by atoms with E-state index in [2.05, 4.69) is 36.3 Å². The van der Waals surface area contributed by atoms with Crippen molar-refractivity contribution >= 4 is 87.3 Å². The second-order valence-electron chi connectivity index (χ2n) is 13.5. The Morgan fingerprint density at radius 1 is 1.05 bits per heavy atom. The van der Waals surface area contributed by atoms with Crippen LogP contribution < -0.4 is 16.0 Å². The third kappa shape index (κ3) is 10.8. The van der Waals surface area contributed by atoms with E-state index in [1.807, 2.05) is 60.7 Å². The van der Waals surface area contributed by atoms with Crippen molar-refractivity contribution in [3.05, 3.63) is 100 Å². The summed E-state index contributed by atoms with van der Waals surface area (Å²) >= 11 is 4.98. The van der Waals surface area contributed by atoms with Crippen LogP contribution in [0.4, 0.5) is 9.93 Å². The normalized spacial score (nSPS) is 18.4. The number of benzene rings is 2. The average Bonchev–Trinajstić information content (AvgIpc) is 3.90. The number of ether oxygens (including phenoxy) is 2. The summed E-state index contributed by atoms with van der Waals surface area (Å²) in [5.41, 5.74) is 2.89. The number of nitrogens with zero attached hydrogens (tertiary/aromatic N) is 5. The number of esters is 1. The molecule has 3 N–H and O–H groups in total. The molecule has 4 heterocycles. The molecular formula is C37H38N8O8S4. The first-order valence-electron chi connectivity index (χ1n) is 17.5. The zero-order valence-electron chi connectivity index (χ0n) is 31.0. The summed E-state index contributed by atoms with van der Waals surface area (Å²) in [6, 6.07) is 17.8. The molecule has 2 aromatic carbocycles. The Hall–Kier alpha value is -5.31. The van der Waals surface area contributed by atoms with Gasteiger partial charge in [-0.25, -0.2) is 9.78 Å². The van der Waals surface area contributed by atoms with Crippen molar-refractivity contribution in [1.29, 1.82) is 0 Å². The molecule has 4 aromatic rings. The molecule has 4 amide bonds. The number of β-lactam (4-membered cyclic amide) rings is 1. The van der Waals surface area contributed by atoms with Crippen molar-refractivity contribution in [3.63, 3.8) is 0 Å². The van der Waals surface area contributed by atoms with Crippen LogP contribution in [0.5, 0.6) is 0 Å². The number of thioether (sulfide) groups is 2. The van der Waals surface area contributed by atoms with Crippen molar-refractivity contribution in [2.45, 2.75) is 66.5 Å². The minimum Gasteiger partial charge on any atom is -0.451 e. The fraction of sp³-hybridized carbons (Fsp3) is 0.324. The second-order valence-corrected chi connectivity index (χ2v) is 17.6. The number of fused-ring (bicyclic) bond motifs is 1. The molecule has 20 heteroatoms. The van der Waals surface area contributed by atoms with Crippen LogP contribution in [0, 0.1) is 0 Å². The lowest BCUT2D eigenvalue weighted by atomic mass is 10.0. The maximum Gasteiger partial charge on any atom is 0.407 e. The van der Waals surface area contributed by atoms with Gasteiger partial charge in [0.25, 0.3) is 11.8 Å². The highest BCUT2D eigenvalue weighted by Crippen LogP contribution is 2.43. The molecule has 0 saturated carbocycles. The van der Waals surface area contributed by atoms with E-state index in [0.29, 0.717) is 22.1 Å². The molecule has 16 nitrogen and oxygen atoms in total. The number of carbonyl (C=O) groups excluding carboxylic acids is 5. The van der Waals surface area contributed by atoms with Crippen LogP contribution in [-0.4, -0.2) is 96.7 Å². The Morgan fingerprint density at radius 3 is 2.39 bits per heavy atom. The fourth-order valence-electron chi connectivity index (χ4n) is 5.46. The van der Waals surface area contributed by atoms with E-state index in [0.717, 1.165) is 22.5 Å². The predicted molar refractivity (Wildman–Crippen MR) is 217 cm³/mol. The van der Waals surface area contributed by atoms with Crippen LogP contribution in [0.3, 0.4) is 0 Å². The van der Waals surface area contributed by atoms with Crippen LogP contribution in [0.2, 0.25) is 0 Å². The molecule has 4 atom stereocenters. The number of thiazole rings is 1. The smallest absolute Gasteiger partial charge is 0.407 e. The number of anilines is 1. The van der Waals surface area contributed by atoms with Gasteiger partial charge in [-0.2, -0.15) is 0 Å². The van der Waals surface area contributed by atoms with Gasteiger partial charge in [-0.05, 0) is 44.4 Å². The highest BCUT2D eigenvalue weighted by atomic mass is 32.2. The Labute approximate surface area is 344 Å². The first-order chi connectivity index (χ1) is 27.4. The monoisotopic (exact) mass is 850 g/mol. The number of rotatable bonds is 16. The summed E-state index contributed by atoms with van der Waals surface area (Å²) in [6.07, 6.45) is 0.00802. The van der Waals surface area contributed by atoms with Gasteiger partial charge in [-0.15, -0.1) is 33.3 Å². The van der Waals surface area contributed by atoms with Crippen LogP contribution in [0.1, 0.15) is 50.6 Å². The summed E-state index contributed by atoms with van der Waals surface area (Å²) in [4.78, 5) is 76.3. The van der Waals surface area contributed by atoms with Crippen LogP contribution in [-0.2, 0) is 33.5 Å². The standard InChI is InChI=1S/C37H38N8O8S4/c1-21(15-38-35(50)52-37(2,3)4)53-44-26(25-18-54-34(41-25)39-19-46)30(47)42-27-31(48)45-16-24(17-55-36-43-40-20-56-36)29(57-32(27)45)33(49)51-28(22-11-7-5-8-12-22)23-13-9-6-10-14-23/h5-14,16,18-21,27-29,32H,15,17H2,1-4H3,(H,38,50)(H,42,47)(H,39,41,46)/t21?,27?,29?,32-/m1/s1. The number of carbonyl (C=O) groups is 5. The molecule has 0 spiro atoms. The molecule has 0 bridgehead atoms. The maximum atomic E-state index is 14.3. The number of nitrogens with one attached hydrogen (secondary N) is 3. The first kappa shape index (κ1) is 41.3. The van der Waals surface area contributed by atoms with E-state index >= 15 is 0 Å². The van der Waals surface area contributed by atoms with Gasteiger partial charge in [0, 0.05) is 17.3 Å². The van der Waals surface area contributed by atoms with E-state index in [4.69, 9.17) is 14.3 Å². The van der Waals surface area contributed by atoms with Gasteiger partial charge < -0.3 is 35.2 Å². The van der Waals surface area contributed by atoms with Gasteiger partial charge in [0.2, 0.25) is 6.41 Å². The highest BCUT2D eigenvalue weighted by Gasteiger charge is 2.53. The molecule has 57 heavy (non-hydrogen) atoms. The van der Waals surface area contributed by atoms with Crippen LogP contribution in [0.25, 0.3) is 0 Å². The first-order valence-corrected chi connectivity index (χ1v) is 21.1. The maximum absolute atomic E-state index is 14.3. The number of aromatic nitrogens is 3. The minimum atomic E-state index is -1.06. The quantitative estimate of drug-likeness (QED) is 0.0341. The third-order valence-electron chi connectivity index (χ3n) is 8.04. The van der Waals surface area contributed by atoms with E-state index in [-0.39, 0.29) is 23.1 Å². The van der Waals surface area contributed by atoms with Gasteiger partial charge in [-0.1, -0.05) is 88.9 Å². The number of hydrogen-bond donors (Lipinski definition) is 3. The van der Waals surface area contributed by atoms with Gasteiger partial charge in [0.15, 0.2) is 21.3 Å². The average molecular weight is 851 g/mol. The van der Waals surface area contributed by atoms with Crippen molar-refractivity contribution in [1.82, 2.24) is 30.7 Å². The van der Waals surface area contributed by atoms with Crippen LogP contribution >= 0.6 is 46.2 Å². The van der Waals surface area contributed by atoms with E-state index < -0.39 is 58.4 Å². The molecule has 2 aliphatic heterocycles. The largest absolute Gasteiger partial charge is 0.451 e. The molecule has 6 rings (SSSR count). The Bertz CT molecular complexity index is 2070. The number of alkyl carbamates (subject to hydrolysis) is 1. The lowest BCUT2D eigenvalue weighted by Crippen LogP contribution is -2.69. The van der Waals surface area contributed by atoms with Crippen LogP contribution in [0.15, 0.2) is 92.8 Å². The molecule has 2 aromatic heterocycles. The molecule has 2 aliphatic rings. The van der Waals surface area contributed by atoms with Gasteiger partial charge in [0.1, 0.15) is 39.6 Å². The highest BCUT2D eigenvalue weighted by molar-refractivity contribution is 8.02. The summed E-state index contributed by atoms with van der Waals surface area (Å²) in [5, 5.41) is 20.0. The molecule has 298 valence electrons. The molecule has 3 unspecified atom stereocenters. The summed E-state index contributed by atoms with van der Waals surface area (Å²) < 4.78 is 12.2.